The van der Waals surface area contributed by atoms with Crippen molar-refractivity contribution in [3.8, 4) is 102 Å². The Morgan fingerprint density at radius 1 is 0.223 bits per heavy atom. The minimum atomic E-state index is -1.50. The van der Waals surface area contributed by atoms with E-state index in [1.807, 2.05) is 170 Å². The second-order valence-electron chi connectivity index (χ2n) is 25.2. The van der Waals surface area contributed by atoms with Crippen molar-refractivity contribution >= 4 is 28.5 Å². The molecule has 2 aliphatic carbocycles. The Balaban J connectivity index is 0.000000135. The molecule has 0 saturated heterocycles. The SMILES string of the molecule is Brc1cccc(-c2nc(-c3ccccc3)nc(-c3ccccc3)n2)c1.C.OB(O)c1ccc2c(c1)C(c1ccccc1)(c1ccccc1)c1ccccc1-2.c1ccc(-c2nc(-c3ccccc3)nc(-c3cccc(-c4ccc5c(c4)C(c4ccccc4)(c4ccccc4)c4ccccc4-5)c3)n2)cc1. The summed E-state index contributed by atoms with van der Waals surface area (Å²) in [5.41, 5.74) is 22.1. The van der Waals surface area contributed by atoms with Gasteiger partial charge in [-0.05, 0) is 108 Å². The van der Waals surface area contributed by atoms with Crippen molar-refractivity contribution in [2.75, 3.05) is 0 Å². The van der Waals surface area contributed by atoms with Crippen molar-refractivity contribution in [2.45, 2.75) is 18.3 Å². The van der Waals surface area contributed by atoms with Crippen LogP contribution in [0.25, 0.3) is 102 Å². The summed E-state index contributed by atoms with van der Waals surface area (Å²) in [6, 6.07) is 130. The first-order valence-corrected chi connectivity index (χ1v) is 34.8. The molecule has 0 unspecified atom stereocenters. The third-order valence-corrected chi connectivity index (χ3v) is 19.7. The van der Waals surface area contributed by atoms with Gasteiger partial charge in [0.2, 0.25) is 0 Å². The summed E-state index contributed by atoms with van der Waals surface area (Å²) in [5, 5.41) is 19.7. The number of benzene rings is 14. The molecule has 103 heavy (non-hydrogen) atoms. The molecule has 0 aliphatic heterocycles. The van der Waals surface area contributed by atoms with Crippen LogP contribution in [0, 0.1) is 0 Å². The minimum absolute atomic E-state index is 0. The van der Waals surface area contributed by atoms with Gasteiger partial charge in [0.1, 0.15) is 0 Å². The number of rotatable bonds is 12. The van der Waals surface area contributed by atoms with Crippen molar-refractivity contribution in [1.29, 1.82) is 0 Å². The van der Waals surface area contributed by atoms with Gasteiger partial charge in [0.15, 0.2) is 34.9 Å². The van der Waals surface area contributed by atoms with Gasteiger partial charge in [-0.3, -0.25) is 0 Å². The Morgan fingerprint density at radius 3 is 0.864 bits per heavy atom. The fraction of sp³-hybridized carbons (Fsp3) is 0.0323. The van der Waals surface area contributed by atoms with Gasteiger partial charge in [0.25, 0.3) is 0 Å². The van der Waals surface area contributed by atoms with Gasteiger partial charge >= 0.3 is 7.12 Å². The molecule has 2 heterocycles. The molecule has 0 fully saturated rings. The second kappa shape index (κ2) is 29.4. The number of hydrogen-bond donors (Lipinski definition) is 2. The summed E-state index contributed by atoms with van der Waals surface area (Å²) in [4.78, 5) is 29.0. The molecule has 18 rings (SSSR count). The maximum absolute atomic E-state index is 9.84. The zero-order valence-corrected chi connectivity index (χ0v) is 56.9. The van der Waals surface area contributed by atoms with E-state index in [9.17, 15) is 10.0 Å². The molecule has 0 radical (unpaired) electrons. The summed E-state index contributed by atoms with van der Waals surface area (Å²) in [7, 11) is -1.50. The van der Waals surface area contributed by atoms with Crippen LogP contribution in [0.1, 0.15) is 51.9 Å². The minimum Gasteiger partial charge on any atom is -0.423 e. The molecule has 492 valence electrons. The van der Waals surface area contributed by atoms with Gasteiger partial charge in [-0.1, -0.05) is 375 Å². The zero-order valence-electron chi connectivity index (χ0n) is 55.3. The predicted molar refractivity (Wildman–Crippen MR) is 423 cm³/mol. The van der Waals surface area contributed by atoms with Crippen LogP contribution in [0.15, 0.2) is 381 Å². The predicted octanol–water partition coefficient (Wildman–Crippen LogP) is 20.9. The Kier molecular flexibility index (Phi) is 19.0. The number of halogens is 1. The first kappa shape index (κ1) is 66.4. The quantitative estimate of drug-likeness (QED) is 0.116. The standard InChI is InChI=1S/C46H31N3.C25H19BO2.C21H14BrN3.CH4/c1-5-16-32(17-6-1)43-47-44(33-18-7-2-8-19-33)49-45(48-43)36-21-15-20-34(30-36)35-28-29-40-39-26-13-14-27-41(39)46(42(40)31-35,37-22-9-3-10-23-37)38-24-11-4-12-25-38;27-26(28)20-15-16-22-21-13-7-8-14-23(21)25(24(22)17-20,18-9-3-1-4-10-18)19-11-5-2-6-12-19;22-18-13-7-12-17(14-18)21-24-19(15-8-3-1-4-9-15)23-20(25-21)16-10-5-2-6-11-16;/h1-31H;1-17,27-28H;1-14H;1H4. The lowest BCUT2D eigenvalue weighted by Gasteiger charge is -2.34. The third-order valence-electron chi connectivity index (χ3n) is 19.2. The van der Waals surface area contributed by atoms with E-state index in [-0.39, 0.29) is 7.43 Å². The van der Waals surface area contributed by atoms with Gasteiger partial charge < -0.3 is 10.0 Å². The van der Waals surface area contributed by atoms with Crippen molar-refractivity contribution in [1.82, 2.24) is 29.9 Å². The van der Waals surface area contributed by atoms with Crippen LogP contribution in [-0.4, -0.2) is 47.1 Å². The zero-order chi connectivity index (χ0) is 68.8. The number of fused-ring (bicyclic) bond motifs is 6. The summed E-state index contributed by atoms with van der Waals surface area (Å²) in [5.74, 6) is 3.95. The molecule has 2 aliphatic rings. The topological polar surface area (TPSA) is 118 Å². The van der Waals surface area contributed by atoms with Crippen LogP contribution in [0.2, 0.25) is 0 Å². The van der Waals surface area contributed by atoms with E-state index in [1.54, 1.807) is 6.07 Å². The van der Waals surface area contributed by atoms with E-state index < -0.39 is 17.9 Å². The Bertz CT molecular complexity index is 5430. The molecule has 16 aromatic rings. The first-order chi connectivity index (χ1) is 50.3. The van der Waals surface area contributed by atoms with Crippen molar-refractivity contribution < 1.29 is 10.0 Å². The highest BCUT2D eigenvalue weighted by Gasteiger charge is 2.48. The summed E-state index contributed by atoms with van der Waals surface area (Å²) in [6.45, 7) is 0. The molecule has 0 bridgehead atoms. The number of aromatic nitrogens is 6. The van der Waals surface area contributed by atoms with Crippen LogP contribution >= 0.6 is 15.9 Å². The maximum atomic E-state index is 9.84. The van der Waals surface area contributed by atoms with Crippen LogP contribution in [-0.2, 0) is 10.8 Å². The molecule has 0 amide bonds. The lowest BCUT2D eigenvalue weighted by Crippen LogP contribution is -2.33. The lowest BCUT2D eigenvalue weighted by molar-refractivity contribution is 0.425. The Morgan fingerprint density at radius 2 is 0.495 bits per heavy atom. The fourth-order valence-corrected chi connectivity index (χ4v) is 15.0. The van der Waals surface area contributed by atoms with Gasteiger partial charge in [0.05, 0.1) is 10.8 Å². The van der Waals surface area contributed by atoms with Gasteiger partial charge in [0, 0.05) is 37.9 Å². The first-order valence-electron chi connectivity index (χ1n) is 34.0. The van der Waals surface area contributed by atoms with E-state index in [1.165, 1.54) is 44.5 Å². The van der Waals surface area contributed by atoms with Crippen LogP contribution < -0.4 is 5.46 Å². The largest absolute Gasteiger partial charge is 0.488 e. The van der Waals surface area contributed by atoms with E-state index in [2.05, 4.69) is 221 Å². The summed E-state index contributed by atoms with van der Waals surface area (Å²) in [6.07, 6.45) is 0. The lowest BCUT2D eigenvalue weighted by atomic mass is 9.66. The molecular weight excluding hydrogens is 1320 g/mol. The average Bonchev–Trinajstić information content (AvgIpc) is 1.55. The van der Waals surface area contributed by atoms with Crippen molar-refractivity contribution in [2.24, 2.45) is 0 Å². The number of hydrogen-bond acceptors (Lipinski definition) is 8. The number of nitrogens with zero attached hydrogens (tertiary/aromatic N) is 6. The molecule has 10 heteroatoms. The highest BCUT2D eigenvalue weighted by molar-refractivity contribution is 9.10. The summed E-state index contributed by atoms with van der Waals surface area (Å²) >= 11 is 3.52. The van der Waals surface area contributed by atoms with E-state index >= 15 is 0 Å². The highest BCUT2D eigenvalue weighted by atomic mass is 79.9. The molecule has 0 saturated carbocycles. The second-order valence-corrected chi connectivity index (χ2v) is 26.1. The van der Waals surface area contributed by atoms with E-state index in [0.29, 0.717) is 40.4 Å². The molecule has 2 N–H and O–H groups in total. The molecule has 2 aromatic heterocycles. The van der Waals surface area contributed by atoms with Crippen molar-refractivity contribution in [3.05, 3.63) is 425 Å². The molecular formula is C93H68BBrN6O2. The Hall–Kier alpha value is -12.4. The third kappa shape index (κ3) is 12.8. The molecule has 14 aromatic carbocycles. The monoisotopic (exact) mass is 1390 g/mol. The van der Waals surface area contributed by atoms with Gasteiger partial charge in [-0.2, -0.15) is 0 Å². The van der Waals surface area contributed by atoms with Gasteiger partial charge in [-0.25, -0.2) is 29.9 Å². The Labute approximate surface area is 609 Å². The van der Waals surface area contributed by atoms with Crippen LogP contribution in [0.4, 0.5) is 0 Å². The highest BCUT2D eigenvalue weighted by Crippen LogP contribution is 2.58. The smallest absolute Gasteiger partial charge is 0.423 e. The maximum Gasteiger partial charge on any atom is 0.488 e. The van der Waals surface area contributed by atoms with E-state index in [4.69, 9.17) is 24.9 Å². The molecule has 0 spiro atoms. The summed E-state index contributed by atoms with van der Waals surface area (Å²) < 4.78 is 0.993. The normalized spacial score (nSPS) is 12.3. The van der Waals surface area contributed by atoms with Crippen molar-refractivity contribution in [3.63, 3.8) is 0 Å². The van der Waals surface area contributed by atoms with E-state index in [0.717, 1.165) is 71.2 Å². The van der Waals surface area contributed by atoms with Gasteiger partial charge in [-0.15, -0.1) is 0 Å². The molecule has 0 atom stereocenters. The average molecular weight is 1390 g/mol. The fourth-order valence-electron chi connectivity index (χ4n) is 14.6. The van der Waals surface area contributed by atoms with Crippen LogP contribution in [0.3, 0.4) is 0 Å². The molecule has 8 nitrogen and oxygen atoms in total. The van der Waals surface area contributed by atoms with Crippen LogP contribution in [0.5, 0.6) is 0 Å².